The minimum Gasteiger partial charge on any atom is -0.372 e. The Balaban J connectivity index is 1.74. The number of para-hydroxylation sites is 1. The van der Waals surface area contributed by atoms with Crippen LogP contribution in [0.5, 0.6) is 0 Å². The summed E-state index contributed by atoms with van der Waals surface area (Å²) in [6, 6.07) is 16.5. The molecule has 0 amide bonds. The molecule has 1 aliphatic rings. The van der Waals surface area contributed by atoms with E-state index in [1.807, 2.05) is 24.3 Å². The normalized spacial score (nSPS) is 14.8. The highest BCUT2D eigenvalue weighted by atomic mass is 16.1. The number of nitrogens with zero attached hydrogens (tertiary/aromatic N) is 3. The van der Waals surface area contributed by atoms with Gasteiger partial charge >= 0.3 is 0 Å². The number of benzene rings is 2. The number of rotatable bonds is 11. The van der Waals surface area contributed by atoms with Gasteiger partial charge < -0.3 is 14.7 Å². The maximum Gasteiger partial charge on any atom is 0.185 e. The Labute approximate surface area is 194 Å². The summed E-state index contributed by atoms with van der Waals surface area (Å²) in [6.07, 6.45) is 8.41. The monoisotopic (exact) mass is 433 g/mol. The van der Waals surface area contributed by atoms with Crippen molar-refractivity contribution in [3.63, 3.8) is 0 Å². The molecule has 172 valence electrons. The van der Waals surface area contributed by atoms with Gasteiger partial charge in [-0.1, -0.05) is 57.0 Å². The van der Waals surface area contributed by atoms with E-state index in [1.165, 1.54) is 31.4 Å². The minimum absolute atomic E-state index is 0.0611. The van der Waals surface area contributed by atoms with Crippen LogP contribution in [0.4, 0.5) is 11.4 Å². The largest absolute Gasteiger partial charge is 0.372 e. The van der Waals surface area contributed by atoms with Crippen LogP contribution in [0.2, 0.25) is 0 Å². The topological polar surface area (TPSA) is 26.8 Å². The standard InChI is InChI=1S/C28H39N3O/c1-4-6-17-30(18-7-5-2)26-13-10-12-25(23-26)28(32)16-15-24-11-8-9-14-27(24)31-21-19-29(3)20-22-31/h8-16,23H,4-7,17-22H2,1-3H3/b16-15+. The van der Waals surface area contributed by atoms with E-state index in [4.69, 9.17) is 0 Å². The van der Waals surface area contributed by atoms with Gasteiger partial charge in [0.2, 0.25) is 0 Å². The van der Waals surface area contributed by atoms with Gasteiger partial charge in [-0.25, -0.2) is 0 Å². The van der Waals surface area contributed by atoms with Crippen LogP contribution in [-0.4, -0.2) is 57.0 Å². The van der Waals surface area contributed by atoms with Gasteiger partial charge in [-0.05, 0) is 55.8 Å². The lowest BCUT2D eigenvalue weighted by atomic mass is 10.1. The van der Waals surface area contributed by atoms with Gasteiger partial charge in [0.05, 0.1) is 0 Å². The van der Waals surface area contributed by atoms with E-state index in [0.717, 1.165) is 56.1 Å². The maximum absolute atomic E-state index is 13.0. The third-order valence-electron chi connectivity index (χ3n) is 6.25. The Morgan fingerprint density at radius 1 is 0.938 bits per heavy atom. The second kappa shape index (κ2) is 12.4. The predicted molar refractivity (Wildman–Crippen MR) is 138 cm³/mol. The van der Waals surface area contributed by atoms with E-state index in [9.17, 15) is 4.79 Å². The molecular weight excluding hydrogens is 394 g/mol. The smallest absolute Gasteiger partial charge is 0.185 e. The number of carbonyl (C=O) groups is 1. The molecule has 0 atom stereocenters. The fourth-order valence-corrected chi connectivity index (χ4v) is 4.15. The Bertz CT molecular complexity index is 876. The van der Waals surface area contributed by atoms with E-state index < -0.39 is 0 Å². The lowest BCUT2D eigenvalue weighted by molar-refractivity contribution is 0.104. The van der Waals surface area contributed by atoms with Crippen molar-refractivity contribution >= 4 is 23.2 Å². The first kappa shape index (κ1) is 24.1. The molecule has 0 spiro atoms. The number of carbonyl (C=O) groups excluding carboxylic acids is 1. The van der Waals surface area contributed by atoms with Crippen molar-refractivity contribution in [2.75, 3.05) is 56.1 Å². The minimum atomic E-state index is 0.0611. The number of likely N-dealkylation sites (N-methyl/N-ethyl adjacent to an activating group) is 1. The van der Waals surface area contributed by atoms with E-state index in [-0.39, 0.29) is 5.78 Å². The number of anilines is 2. The van der Waals surface area contributed by atoms with Crippen LogP contribution < -0.4 is 9.80 Å². The average molecular weight is 434 g/mol. The maximum atomic E-state index is 13.0. The highest BCUT2D eigenvalue weighted by Gasteiger charge is 2.16. The van der Waals surface area contributed by atoms with E-state index in [0.29, 0.717) is 0 Å². The number of ketones is 1. The number of unbranched alkanes of at least 4 members (excludes halogenated alkanes) is 2. The van der Waals surface area contributed by atoms with Crippen LogP contribution in [0.25, 0.3) is 6.08 Å². The summed E-state index contributed by atoms with van der Waals surface area (Å²) in [6.45, 7) is 10.7. The van der Waals surface area contributed by atoms with Crippen LogP contribution in [0.15, 0.2) is 54.6 Å². The zero-order chi connectivity index (χ0) is 22.8. The Hall–Kier alpha value is -2.59. The lowest BCUT2D eigenvalue weighted by Gasteiger charge is -2.34. The molecule has 1 saturated heterocycles. The van der Waals surface area contributed by atoms with Gasteiger partial charge in [0.15, 0.2) is 5.78 Å². The van der Waals surface area contributed by atoms with Crippen LogP contribution in [0.3, 0.4) is 0 Å². The van der Waals surface area contributed by atoms with Gasteiger partial charge in [0.25, 0.3) is 0 Å². The third-order valence-corrected chi connectivity index (χ3v) is 6.25. The zero-order valence-corrected chi connectivity index (χ0v) is 20.1. The average Bonchev–Trinajstić information content (AvgIpc) is 2.83. The SMILES string of the molecule is CCCCN(CCCC)c1cccc(C(=O)/C=C/c2ccccc2N2CCN(C)CC2)c1. The highest BCUT2D eigenvalue weighted by Crippen LogP contribution is 2.24. The summed E-state index contributed by atoms with van der Waals surface area (Å²) in [5.74, 6) is 0.0611. The zero-order valence-electron chi connectivity index (χ0n) is 20.1. The molecule has 1 fully saturated rings. The highest BCUT2D eigenvalue weighted by molar-refractivity contribution is 6.07. The van der Waals surface area contributed by atoms with Crippen molar-refractivity contribution in [1.29, 1.82) is 0 Å². The fraction of sp³-hybridized carbons (Fsp3) is 0.464. The second-order valence-electron chi connectivity index (χ2n) is 8.79. The number of allylic oxidation sites excluding steroid dienone is 1. The molecule has 0 bridgehead atoms. The lowest BCUT2D eigenvalue weighted by Crippen LogP contribution is -2.44. The summed E-state index contributed by atoms with van der Waals surface area (Å²) in [7, 11) is 2.17. The Morgan fingerprint density at radius 3 is 2.31 bits per heavy atom. The molecule has 1 heterocycles. The van der Waals surface area contributed by atoms with Crippen molar-refractivity contribution in [2.45, 2.75) is 39.5 Å². The number of hydrogen-bond acceptors (Lipinski definition) is 4. The number of hydrogen-bond donors (Lipinski definition) is 0. The molecule has 2 aromatic carbocycles. The van der Waals surface area contributed by atoms with Gasteiger partial charge in [0, 0.05) is 56.2 Å². The van der Waals surface area contributed by atoms with Gasteiger partial charge in [-0.15, -0.1) is 0 Å². The number of piperazine rings is 1. The molecule has 32 heavy (non-hydrogen) atoms. The summed E-state index contributed by atoms with van der Waals surface area (Å²) in [4.78, 5) is 20.2. The predicted octanol–water partition coefficient (Wildman–Crippen LogP) is 5.74. The summed E-state index contributed by atoms with van der Waals surface area (Å²) >= 11 is 0. The fourth-order valence-electron chi connectivity index (χ4n) is 4.15. The van der Waals surface area contributed by atoms with Crippen LogP contribution >= 0.6 is 0 Å². The van der Waals surface area contributed by atoms with Crippen LogP contribution in [-0.2, 0) is 0 Å². The molecule has 0 radical (unpaired) electrons. The molecule has 4 nitrogen and oxygen atoms in total. The molecule has 3 rings (SSSR count). The first-order chi connectivity index (χ1) is 15.6. The molecular formula is C28H39N3O. The summed E-state index contributed by atoms with van der Waals surface area (Å²) < 4.78 is 0. The molecule has 0 aliphatic carbocycles. The quantitative estimate of drug-likeness (QED) is 0.333. The van der Waals surface area contributed by atoms with E-state index in [1.54, 1.807) is 6.08 Å². The molecule has 4 heteroatoms. The molecule has 1 aliphatic heterocycles. The third kappa shape index (κ3) is 6.70. The van der Waals surface area contributed by atoms with Crippen molar-refractivity contribution in [3.8, 4) is 0 Å². The van der Waals surface area contributed by atoms with E-state index in [2.05, 4.69) is 65.9 Å². The van der Waals surface area contributed by atoms with Crippen LogP contribution in [0.1, 0.15) is 55.5 Å². The van der Waals surface area contributed by atoms with Crippen molar-refractivity contribution in [3.05, 3.63) is 65.7 Å². The van der Waals surface area contributed by atoms with Gasteiger partial charge in [-0.3, -0.25) is 4.79 Å². The molecule has 2 aromatic rings. The van der Waals surface area contributed by atoms with Gasteiger partial charge in [0.1, 0.15) is 0 Å². The van der Waals surface area contributed by atoms with Crippen LogP contribution in [0, 0.1) is 0 Å². The van der Waals surface area contributed by atoms with E-state index >= 15 is 0 Å². The van der Waals surface area contributed by atoms with Crippen molar-refractivity contribution in [1.82, 2.24) is 4.90 Å². The van der Waals surface area contributed by atoms with Crippen molar-refractivity contribution < 1.29 is 4.79 Å². The first-order valence-corrected chi connectivity index (χ1v) is 12.2. The summed E-state index contributed by atoms with van der Waals surface area (Å²) in [5, 5.41) is 0. The van der Waals surface area contributed by atoms with Gasteiger partial charge in [-0.2, -0.15) is 0 Å². The molecule has 0 saturated carbocycles. The second-order valence-corrected chi connectivity index (χ2v) is 8.79. The molecule has 0 aromatic heterocycles. The summed E-state index contributed by atoms with van der Waals surface area (Å²) in [5.41, 5.74) is 4.23. The molecule has 0 N–H and O–H groups in total. The molecule has 0 unspecified atom stereocenters. The first-order valence-electron chi connectivity index (χ1n) is 12.2. The Morgan fingerprint density at radius 2 is 1.62 bits per heavy atom. The Kier molecular flexibility index (Phi) is 9.36. The van der Waals surface area contributed by atoms with Crippen molar-refractivity contribution in [2.24, 2.45) is 0 Å².